The smallest absolute Gasteiger partial charge is 0.451 e. The first kappa shape index (κ1) is 22.2. The molecule has 0 aromatic carbocycles. The molecule has 3 atom stereocenters. The number of carboxylic acids is 1. The van der Waals surface area contributed by atoms with Crippen molar-refractivity contribution in [3.8, 4) is 0 Å². The van der Waals surface area contributed by atoms with Crippen LogP contribution in [0.2, 0.25) is 6.32 Å². The van der Waals surface area contributed by atoms with E-state index in [-0.39, 0.29) is 37.7 Å². The van der Waals surface area contributed by atoms with Crippen molar-refractivity contribution < 1.29 is 24.7 Å². The maximum atomic E-state index is 12.6. The van der Waals surface area contributed by atoms with E-state index < -0.39 is 30.6 Å². The van der Waals surface area contributed by atoms with Crippen LogP contribution in [0.15, 0.2) is 0 Å². The van der Waals surface area contributed by atoms with E-state index in [0.29, 0.717) is 25.8 Å². The van der Waals surface area contributed by atoms with E-state index in [9.17, 15) is 14.7 Å². The number of piperidine rings is 1. The van der Waals surface area contributed by atoms with Crippen LogP contribution in [0.5, 0.6) is 0 Å². The Kier molecular flexibility index (Phi) is 8.28. The lowest BCUT2D eigenvalue weighted by molar-refractivity contribution is -0.149. The second-order valence-electron chi connectivity index (χ2n) is 6.90. The fourth-order valence-corrected chi connectivity index (χ4v) is 3.17. The zero-order valence-electron chi connectivity index (χ0n) is 14.7. The molecule has 11 N–H and O–H groups in total. The van der Waals surface area contributed by atoms with Crippen LogP contribution in [-0.4, -0.2) is 76.2 Å². The molecule has 12 heteroatoms. The first-order chi connectivity index (χ1) is 12.0. The number of amides is 1. The number of hydrogen-bond acceptors (Lipinski definition) is 7. The van der Waals surface area contributed by atoms with Crippen molar-refractivity contribution in [2.75, 3.05) is 19.6 Å². The van der Waals surface area contributed by atoms with Gasteiger partial charge >= 0.3 is 13.1 Å². The minimum Gasteiger partial charge on any atom is -0.480 e. The van der Waals surface area contributed by atoms with E-state index in [2.05, 4.69) is 5.32 Å². The van der Waals surface area contributed by atoms with Gasteiger partial charge in [-0.3, -0.25) is 15.0 Å². The Morgan fingerprint density at radius 2 is 2.08 bits per heavy atom. The molecule has 0 bridgehead atoms. The van der Waals surface area contributed by atoms with Gasteiger partial charge in [0.15, 0.2) is 5.96 Å². The molecule has 0 aromatic rings. The molecule has 26 heavy (non-hydrogen) atoms. The minimum absolute atomic E-state index is 0.0746. The Labute approximate surface area is 152 Å². The van der Waals surface area contributed by atoms with Crippen LogP contribution < -0.4 is 22.5 Å². The maximum Gasteiger partial charge on any atom is 0.451 e. The first-order valence-corrected chi connectivity index (χ1v) is 8.56. The monoisotopic (exact) mass is 372 g/mol. The van der Waals surface area contributed by atoms with Gasteiger partial charge in [-0.25, -0.2) is 0 Å². The summed E-state index contributed by atoms with van der Waals surface area (Å²) in [6.07, 6.45) is 1.43. The zero-order chi connectivity index (χ0) is 19.9. The lowest BCUT2D eigenvalue weighted by Gasteiger charge is -2.42. The van der Waals surface area contributed by atoms with E-state index in [0.717, 1.165) is 0 Å². The summed E-state index contributed by atoms with van der Waals surface area (Å²) in [6, 6.07) is -0.816. The van der Waals surface area contributed by atoms with Crippen LogP contribution in [0.3, 0.4) is 0 Å². The summed E-state index contributed by atoms with van der Waals surface area (Å²) >= 11 is 0. The number of nitrogens with one attached hydrogen (secondary N) is 2. The number of carbonyl (C=O) groups excluding carboxylic acids is 1. The van der Waals surface area contributed by atoms with Gasteiger partial charge in [0.2, 0.25) is 5.91 Å². The van der Waals surface area contributed by atoms with Crippen LogP contribution >= 0.6 is 0 Å². The second-order valence-corrected chi connectivity index (χ2v) is 6.90. The highest BCUT2D eigenvalue weighted by atomic mass is 16.4. The summed E-state index contributed by atoms with van der Waals surface area (Å²) in [6.45, 7) is 0.541. The van der Waals surface area contributed by atoms with E-state index in [4.69, 9.17) is 32.7 Å². The van der Waals surface area contributed by atoms with E-state index >= 15 is 0 Å². The Balaban J connectivity index is 2.69. The molecule has 0 aliphatic carbocycles. The molecule has 0 unspecified atom stereocenters. The largest absolute Gasteiger partial charge is 0.480 e. The number of nitrogens with zero attached hydrogens (tertiary/aromatic N) is 1. The summed E-state index contributed by atoms with van der Waals surface area (Å²) in [7, 11) is -1.49. The molecule has 0 spiro atoms. The van der Waals surface area contributed by atoms with Crippen molar-refractivity contribution in [3.63, 3.8) is 0 Å². The van der Waals surface area contributed by atoms with Crippen molar-refractivity contribution in [2.45, 2.75) is 43.6 Å². The van der Waals surface area contributed by atoms with Gasteiger partial charge < -0.3 is 42.6 Å². The fraction of sp³-hybridized carbons (Fsp3) is 0.786. The van der Waals surface area contributed by atoms with Gasteiger partial charge in [-0.1, -0.05) is 6.42 Å². The van der Waals surface area contributed by atoms with Gasteiger partial charge in [0.05, 0.1) is 6.04 Å². The standard InChI is InChI=1S/C14H29BN6O5/c16-10(2-1-5-20-13(17)18)11(22)21-7-9(3-4-15(25)26)6-14(19,8-21)12(23)24/h9-10,25-26H,1-8,16,19H2,(H,23,24)(H4,17,18,20)/t9-,10-,14+/m0/s1. The normalized spacial score (nSPS) is 24.0. The Morgan fingerprint density at radius 1 is 1.42 bits per heavy atom. The van der Waals surface area contributed by atoms with Crippen molar-refractivity contribution >= 4 is 25.0 Å². The highest BCUT2D eigenvalue weighted by Gasteiger charge is 2.44. The van der Waals surface area contributed by atoms with Gasteiger partial charge in [-0.05, 0) is 31.5 Å². The Bertz CT molecular complexity index is 522. The average Bonchev–Trinajstić information content (AvgIpc) is 2.55. The molecule has 0 radical (unpaired) electrons. The lowest BCUT2D eigenvalue weighted by atomic mass is 9.75. The van der Waals surface area contributed by atoms with Crippen LogP contribution in [0.4, 0.5) is 0 Å². The summed E-state index contributed by atoms with van der Waals surface area (Å²) in [4.78, 5) is 25.5. The molecule has 0 aromatic heterocycles. The molecule has 1 heterocycles. The molecule has 11 nitrogen and oxygen atoms in total. The van der Waals surface area contributed by atoms with Crippen molar-refractivity contribution in [1.82, 2.24) is 10.2 Å². The molecule has 1 aliphatic heterocycles. The second kappa shape index (κ2) is 9.71. The third-order valence-electron chi connectivity index (χ3n) is 4.50. The van der Waals surface area contributed by atoms with Crippen LogP contribution in [0, 0.1) is 11.3 Å². The molecule has 1 aliphatic rings. The molecule has 1 rings (SSSR count). The summed E-state index contributed by atoms with van der Waals surface area (Å²) in [5.74, 6) is -2.02. The number of likely N-dealkylation sites (tertiary alicyclic amines) is 1. The molecule has 0 saturated carbocycles. The van der Waals surface area contributed by atoms with Gasteiger partial charge in [0.25, 0.3) is 0 Å². The predicted octanol–water partition coefficient (Wildman–Crippen LogP) is -2.93. The first-order valence-electron chi connectivity index (χ1n) is 8.56. The van der Waals surface area contributed by atoms with E-state index in [1.54, 1.807) is 0 Å². The Hall–Kier alpha value is -1.89. The van der Waals surface area contributed by atoms with Crippen LogP contribution in [0.1, 0.15) is 25.7 Å². The third kappa shape index (κ3) is 6.79. The Morgan fingerprint density at radius 3 is 2.62 bits per heavy atom. The topological polar surface area (TPSA) is 212 Å². The van der Waals surface area contributed by atoms with Crippen LogP contribution in [0.25, 0.3) is 0 Å². The molecular formula is C14H29BN6O5. The highest BCUT2D eigenvalue weighted by Crippen LogP contribution is 2.28. The quantitative estimate of drug-likeness (QED) is 0.0899. The van der Waals surface area contributed by atoms with Gasteiger partial charge in [0, 0.05) is 19.6 Å². The van der Waals surface area contributed by atoms with E-state index in [1.807, 2.05) is 0 Å². The minimum atomic E-state index is -1.59. The summed E-state index contributed by atoms with van der Waals surface area (Å²) in [5, 5.41) is 37.1. The number of nitrogens with two attached hydrogens (primary N) is 3. The number of hydrogen-bond donors (Lipinski definition) is 8. The van der Waals surface area contributed by atoms with Crippen molar-refractivity contribution in [2.24, 2.45) is 23.1 Å². The van der Waals surface area contributed by atoms with Gasteiger partial charge in [-0.2, -0.15) is 0 Å². The van der Waals surface area contributed by atoms with E-state index in [1.165, 1.54) is 4.90 Å². The molecule has 1 saturated heterocycles. The lowest BCUT2D eigenvalue weighted by Crippen LogP contribution is -2.64. The SMILES string of the molecule is N=C(N)NCCC[C@H](N)C(=O)N1C[C@@H](CCB(O)O)C[C@](N)(C(=O)O)C1. The van der Waals surface area contributed by atoms with Crippen molar-refractivity contribution in [3.05, 3.63) is 0 Å². The van der Waals surface area contributed by atoms with Gasteiger partial charge in [0.1, 0.15) is 5.54 Å². The number of carbonyl (C=O) groups is 2. The number of rotatable bonds is 9. The fourth-order valence-electron chi connectivity index (χ4n) is 3.17. The predicted molar refractivity (Wildman–Crippen MR) is 96.0 cm³/mol. The zero-order valence-corrected chi connectivity index (χ0v) is 14.7. The van der Waals surface area contributed by atoms with Gasteiger partial charge in [-0.15, -0.1) is 0 Å². The maximum absolute atomic E-state index is 12.6. The average molecular weight is 372 g/mol. The number of guanidine groups is 1. The van der Waals surface area contributed by atoms with Crippen molar-refractivity contribution in [1.29, 1.82) is 5.41 Å². The number of carboxylic acid groups (broad SMARTS) is 1. The molecule has 1 amide bonds. The summed E-state index contributed by atoms with van der Waals surface area (Å²) < 4.78 is 0. The summed E-state index contributed by atoms with van der Waals surface area (Å²) in [5.41, 5.74) is 15.5. The van der Waals surface area contributed by atoms with Crippen LogP contribution in [-0.2, 0) is 9.59 Å². The third-order valence-corrected chi connectivity index (χ3v) is 4.50. The molecule has 148 valence electrons. The highest BCUT2D eigenvalue weighted by molar-refractivity contribution is 6.40. The number of aliphatic carboxylic acids is 1. The molecule has 1 fully saturated rings. The molecular weight excluding hydrogens is 343 g/mol.